The Bertz CT molecular complexity index is 47.2. The van der Waals surface area contributed by atoms with Crippen LogP contribution in [0.3, 0.4) is 0 Å². The van der Waals surface area contributed by atoms with Crippen molar-refractivity contribution < 1.29 is 9.84 Å². The van der Waals surface area contributed by atoms with Crippen LogP contribution >= 0.6 is 0 Å². The molecular weight excluding hydrogens is 128 g/mol. The second-order valence-electron chi connectivity index (χ2n) is 2.11. The third-order valence-corrected chi connectivity index (χ3v) is 1.11. The van der Waals surface area contributed by atoms with Crippen LogP contribution in [-0.2, 0) is 4.74 Å². The maximum atomic E-state index is 8.39. The third-order valence-electron chi connectivity index (χ3n) is 1.11. The number of hydrogen-bond donors (Lipinski definition) is 1. The minimum Gasteiger partial charge on any atom is -0.396 e. The number of unbranched alkanes of at least 4 members (excludes halogenated alkanes) is 2. The fourth-order valence-corrected chi connectivity index (χ4v) is 0.547. The van der Waals surface area contributed by atoms with E-state index in [0.717, 1.165) is 32.3 Å². The van der Waals surface area contributed by atoms with E-state index in [1.54, 1.807) is 6.61 Å². The zero-order valence-corrected chi connectivity index (χ0v) is 6.38. The first-order valence-electron chi connectivity index (χ1n) is 3.75. The molecule has 0 saturated carbocycles. The van der Waals surface area contributed by atoms with Gasteiger partial charge in [0.1, 0.15) is 0 Å². The molecule has 0 aromatic rings. The molecule has 0 aromatic carbocycles. The van der Waals surface area contributed by atoms with Gasteiger partial charge in [0.05, 0.1) is 6.61 Å². The van der Waals surface area contributed by atoms with Gasteiger partial charge in [-0.3, -0.25) is 0 Å². The maximum absolute atomic E-state index is 8.39. The minimum atomic E-state index is 0.263. The molecule has 0 rings (SSSR count). The van der Waals surface area contributed by atoms with Gasteiger partial charge in [-0.05, 0) is 19.3 Å². The molecule has 60 valence electrons. The highest BCUT2D eigenvalue weighted by atomic mass is 16.5. The number of rotatable bonds is 7. The molecule has 0 fully saturated rings. The second kappa shape index (κ2) is 8.92. The first kappa shape index (κ1) is 9.92. The van der Waals surface area contributed by atoms with E-state index in [0.29, 0.717) is 0 Å². The predicted octanol–water partition coefficient (Wildman–Crippen LogP) is 1.55. The highest BCUT2D eigenvalue weighted by Gasteiger charge is 1.87. The Kier molecular flexibility index (Phi) is 8.85. The molecule has 0 aromatic heterocycles. The van der Waals surface area contributed by atoms with E-state index < -0.39 is 0 Å². The number of hydrogen-bond acceptors (Lipinski definition) is 2. The van der Waals surface area contributed by atoms with Crippen molar-refractivity contribution in [2.24, 2.45) is 0 Å². The number of aliphatic hydroxyl groups excluding tert-OH is 1. The van der Waals surface area contributed by atoms with E-state index in [1.807, 2.05) is 0 Å². The summed E-state index contributed by atoms with van der Waals surface area (Å²) >= 11 is 0. The van der Waals surface area contributed by atoms with E-state index in [1.165, 1.54) is 0 Å². The van der Waals surface area contributed by atoms with Gasteiger partial charge in [0, 0.05) is 13.2 Å². The lowest BCUT2D eigenvalue weighted by Gasteiger charge is -1.99. The Morgan fingerprint density at radius 3 is 2.80 bits per heavy atom. The van der Waals surface area contributed by atoms with Crippen LogP contribution in [0.1, 0.15) is 25.7 Å². The first-order chi connectivity index (χ1) is 4.91. The van der Waals surface area contributed by atoms with E-state index in [2.05, 4.69) is 6.92 Å². The Morgan fingerprint density at radius 2 is 2.20 bits per heavy atom. The first-order valence-corrected chi connectivity index (χ1v) is 3.75. The van der Waals surface area contributed by atoms with E-state index in [4.69, 9.17) is 9.84 Å². The van der Waals surface area contributed by atoms with Crippen molar-refractivity contribution in [3.05, 3.63) is 13.5 Å². The van der Waals surface area contributed by atoms with Gasteiger partial charge >= 0.3 is 0 Å². The molecule has 0 aliphatic rings. The summed E-state index contributed by atoms with van der Waals surface area (Å²) in [6.45, 7) is 6.44. The zero-order chi connectivity index (χ0) is 7.66. The average Bonchev–Trinajstić information content (AvgIpc) is 1.97. The normalized spacial score (nSPS) is 10.2. The fraction of sp³-hybridized carbons (Fsp3) is 0.750. The number of aliphatic hydroxyl groups is 1. The van der Waals surface area contributed by atoms with E-state index in [-0.39, 0.29) is 6.61 Å². The van der Waals surface area contributed by atoms with Crippen LogP contribution in [0.25, 0.3) is 0 Å². The van der Waals surface area contributed by atoms with Crippen LogP contribution in [0, 0.1) is 13.5 Å². The smallest absolute Gasteiger partial charge is 0.0836 e. The van der Waals surface area contributed by atoms with Crippen LogP contribution in [0.4, 0.5) is 0 Å². The molecule has 2 radical (unpaired) electrons. The highest BCUT2D eigenvalue weighted by Crippen LogP contribution is 1.95. The van der Waals surface area contributed by atoms with Gasteiger partial charge in [-0.25, -0.2) is 0 Å². The largest absolute Gasteiger partial charge is 0.396 e. The molecule has 0 saturated heterocycles. The van der Waals surface area contributed by atoms with Crippen molar-refractivity contribution in [3.63, 3.8) is 0 Å². The summed E-state index contributed by atoms with van der Waals surface area (Å²) in [5.41, 5.74) is 0. The third kappa shape index (κ3) is 7.92. The monoisotopic (exact) mass is 144 g/mol. The van der Waals surface area contributed by atoms with E-state index in [9.17, 15) is 0 Å². The summed E-state index contributed by atoms with van der Waals surface area (Å²) in [5.74, 6) is 0. The van der Waals surface area contributed by atoms with Gasteiger partial charge in [-0.2, -0.15) is 0 Å². The van der Waals surface area contributed by atoms with Gasteiger partial charge in [0.15, 0.2) is 0 Å². The van der Waals surface area contributed by atoms with Crippen LogP contribution in [0.2, 0.25) is 0 Å². The molecule has 0 spiro atoms. The highest BCUT2D eigenvalue weighted by molar-refractivity contribution is 4.51. The summed E-state index contributed by atoms with van der Waals surface area (Å²) in [7, 11) is 0. The van der Waals surface area contributed by atoms with Crippen LogP contribution in [0.15, 0.2) is 0 Å². The van der Waals surface area contributed by atoms with Gasteiger partial charge in [-0.15, -0.1) is 0 Å². The van der Waals surface area contributed by atoms with Gasteiger partial charge < -0.3 is 9.84 Å². The molecule has 0 unspecified atom stereocenters. The quantitative estimate of drug-likeness (QED) is 0.549. The predicted molar refractivity (Wildman–Crippen MR) is 41.2 cm³/mol. The van der Waals surface area contributed by atoms with Crippen molar-refractivity contribution in [1.29, 1.82) is 0 Å². The van der Waals surface area contributed by atoms with Crippen molar-refractivity contribution >= 4 is 0 Å². The van der Waals surface area contributed by atoms with Crippen LogP contribution in [-0.4, -0.2) is 18.3 Å². The summed E-state index contributed by atoms with van der Waals surface area (Å²) in [4.78, 5) is 0. The Hall–Kier alpha value is -0.0800. The van der Waals surface area contributed by atoms with Gasteiger partial charge in [-0.1, -0.05) is 13.3 Å². The van der Waals surface area contributed by atoms with E-state index >= 15 is 0 Å². The molecule has 0 amide bonds. The SMILES string of the molecule is [CH2]CC[CH]OCCCCO. The minimum absolute atomic E-state index is 0.263. The summed E-state index contributed by atoms with van der Waals surface area (Å²) in [6.07, 6.45) is 3.57. The Balaban J connectivity index is 2.65. The molecule has 0 bridgehead atoms. The molecule has 0 aliphatic heterocycles. The molecule has 2 heteroatoms. The van der Waals surface area contributed by atoms with Gasteiger partial charge in [0.2, 0.25) is 0 Å². The lowest BCUT2D eigenvalue weighted by Crippen LogP contribution is -1.93. The van der Waals surface area contributed by atoms with Crippen molar-refractivity contribution in [3.8, 4) is 0 Å². The molecular formula is C8H16O2. The van der Waals surface area contributed by atoms with Crippen LogP contribution < -0.4 is 0 Å². The maximum Gasteiger partial charge on any atom is 0.0836 e. The Morgan fingerprint density at radius 1 is 1.40 bits per heavy atom. The van der Waals surface area contributed by atoms with Gasteiger partial charge in [0.25, 0.3) is 0 Å². The van der Waals surface area contributed by atoms with Crippen LogP contribution in [0.5, 0.6) is 0 Å². The molecule has 1 N–H and O–H groups in total. The Labute approximate surface area is 63.2 Å². The molecule has 10 heavy (non-hydrogen) atoms. The lowest BCUT2D eigenvalue weighted by molar-refractivity contribution is 0.176. The van der Waals surface area contributed by atoms with Crippen molar-refractivity contribution in [2.45, 2.75) is 25.7 Å². The topological polar surface area (TPSA) is 29.5 Å². The second-order valence-corrected chi connectivity index (χ2v) is 2.11. The lowest BCUT2D eigenvalue weighted by atomic mass is 10.3. The zero-order valence-electron chi connectivity index (χ0n) is 6.38. The molecule has 0 atom stereocenters. The molecule has 0 heterocycles. The van der Waals surface area contributed by atoms with Crippen molar-refractivity contribution in [1.82, 2.24) is 0 Å². The van der Waals surface area contributed by atoms with Crippen molar-refractivity contribution in [2.75, 3.05) is 13.2 Å². The summed E-state index contributed by atoms with van der Waals surface area (Å²) in [5, 5.41) is 8.39. The number of ether oxygens (including phenoxy) is 1. The summed E-state index contributed by atoms with van der Waals surface area (Å²) < 4.78 is 5.10. The summed E-state index contributed by atoms with van der Waals surface area (Å²) in [6, 6.07) is 0. The molecule has 2 nitrogen and oxygen atoms in total. The fourth-order valence-electron chi connectivity index (χ4n) is 0.547. The average molecular weight is 144 g/mol. The standard InChI is InChI=1S/C8H16O2/c1-2-3-7-10-8-5-4-6-9/h7,9H,1-6,8H2. The molecule has 0 aliphatic carbocycles.